The fourth-order valence-electron chi connectivity index (χ4n) is 2.56. The molecule has 0 saturated carbocycles. The molecular formula is C19H23FN2O4S. The molecule has 0 unspecified atom stereocenters. The van der Waals surface area contributed by atoms with Crippen LogP contribution in [0.3, 0.4) is 0 Å². The molecule has 0 aliphatic rings. The number of carbonyl (C=O) groups excluding carboxylic acids is 1. The normalized spacial score (nSPS) is 12.4. The van der Waals surface area contributed by atoms with Gasteiger partial charge in [0.1, 0.15) is 11.9 Å². The smallest absolute Gasteiger partial charge is 0.243 e. The van der Waals surface area contributed by atoms with Gasteiger partial charge >= 0.3 is 0 Å². The third-order valence-corrected chi connectivity index (χ3v) is 5.07. The van der Waals surface area contributed by atoms with Crippen molar-refractivity contribution in [3.8, 4) is 0 Å². The van der Waals surface area contributed by atoms with E-state index in [0.29, 0.717) is 13.2 Å². The van der Waals surface area contributed by atoms with E-state index < -0.39 is 27.8 Å². The molecule has 0 aliphatic carbocycles. The summed E-state index contributed by atoms with van der Waals surface area (Å²) in [4.78, 5) is 12.4. The van der Waals surface area contributed by atoms with Crippen LogP contribution >= 0.6 is 0 Å². The van der Waals surface area contributed by atoms with Gasteiger partial charge in [-0.1, -0.05) is 30.3 Å². The lowest BCUT2D eigenvalue weighted by molar-refractivity contribution is -0.122. The zero-order chi connectivity index (χ0) is 19.9. The second-order valence-electron chi connectivity index (χ2n) is 6.04. The number of nitrogens with one attached hydrogen (secondary N) is 1. The van der Waals surface area contributed by atoms with Gasteiger partial charge in [0.15, 0.2) is 0 Å². The zero-order valence-corrected chi connectivity index (χ0v) is 16.1. The van der Waals surface area contributed by atoms with Crippen molar-refractivity contribution in [2.75, 3.05) is 23.7 Å². The second kappa shape index (κ2) is 9.48. The van der Waals surface area contributed by atoms with Crippen molar-refractivity contribution in [3.63, 3.8) is 0 Å². The number of hydrogen-bond donors (Lipinski definition) is 1. The number of hydrogen-bond acceptors (Lipinski definition) is 4. The van der Waals surface area contributed by atoms with Crippen molar-refractivity contribution in [1.82, 2.24) is 5.32 Å². The van der Waals surface area contributed by atoms with E-state index in [-0.39, 0.29) is 12.2 Å². The average molecular weight is 394 g/mol. The molecule has 0 bridgehead atoms. The molecular weight excluding hydrogens is 371 g/mol. The average Bonchev–Trinajstić information content (AvgIpc) is 2.62. The molecule has 0 spiro atoms. The highest BCUT2D eigenvalue weighted by atomic mass is 32.2. The van der Waals surface area contributed by atoms with Crippen LogP contribution < -0.4 is 9.62 Å². The molecule has 8 heteroatoms. The fourth-order valence-corrected chi connectivity index (χ4v) is 3.73. The highest BCUT2D eigenvalue weighted by Crippen LogP contribution is 2.21. The molecule has 2 rings (SSSR count). The first-order valence-electron chi connectivity index (χ1n) is 8.43. The predicted molar refractivity (Wildman–Crippen MR) is 102 cm³/mol. The Balaban J connectivity index is 1.90. The fraction of sp³-hybridized carbons (Fsp3) is 0.316. The van der Waals surface area contributed by atoms with Gasteiger partial charge in [0.05, 0.1) is 25.2 Å². The van der Waals surface area contributed by atoms with Gasteiger partial charge in [0.2, 0.25) is 15.9 Å². The Labute approximate surface area is 159 Å². The summed E-state index contributed by atoms with van der Waals surface area (Å²) in [5.41, 5.74) is 1.25. The summed E-state index contributed by atoms with van der Waals surface area (Å²) in [5.74, 6) is -0.951. The maximum Gasteiger partial charge on any atom is 0.243 e. The number of anilines is 1. The lowest BCUT2D eigenvalue weighted by Crippen LogP contribution is -2.48. The molecule has 0 radical (unpaired) electrons. The summed E-state index contributed by atoms with van der Waals surface area (Å²) in [6.07, 6.45) is 1.00. The van der Waals surface area contributed by atoms with Crippen LogP contribution in [0, 0.1) is 5.82 Å². The van der Waals surface area contributed by atoms with Crippen LogP contribution in [0.15, 0.2) is 54.6 Å². The Kier molecular flexibility index (Phi) is 7.32. The van der Waals surface area contributed by atoms with Gasteiger partial charge in [-0.3, -0.25) is 9.10 Å². The Morgan fingerprint density at radius 3 is 2.37 bits per heavy atom. The summed E-state index contributed by atoms with van der Waals surface area (Å²) in [5, 5.41) is 2.66. The number of halogens is 1. The Morgan fingerprint density at radius 1 is 1.15 bits per heavy atom. The minimum Gasteiger partial charge on any atom is -0.375 e. The van der Waals surface area contributed by atoms with Crippen molar-refractivity contribution < 1.29 is 22.3 Å². The molecule has 0 fully saturated rings. The first-order chi connectivity index (χ1) is 12.8. The van der Waals surface area contributed by atoms with Crippen molar-refractivity contribution >= 4 is 21.6 Å². The van der Waals surface area contributed by atoms with Gasteiger partial charge < -0.3 is 10.1 Å². The van der Waals surface area contributed by atoms with Crippen LogP contribution in [0.2, 0.25) is 0 Å². The van der Waals surface area contributed by atoms with Crippen molar-refractivity contribution in [1.29, 1.82) is 0 Å². The van der Waals surface area contributed by atoms with Gasteiger partial charge in [-0.2, -0.15) is 0 Å². The molecule has 0 saturated heterocycles. The van der Waals surface area contributed by atoms with Gasteiger partial charge in [-0.05, 0) is 36.8 Å². The third kappa shape index (κ3) is 6.33. The van der Waals surface area contributed by atoms with Crippen LogP contribution in [-0.2, 0) is 26.2 Å². The standard InChI is InChI=1S/C19H23FN2O4S/c1-15(22(27(2,24)25)18-10-8-17(20)9-11-18)19(23)21-12-13-26-14-16-6-4-3-5-7-16/h3-11,15H,12-14H2,1-2H3,(H,21,23)/t15-/m1/s1. The highest BCUT2D eigenvalue weighted by Gasteiger charge is 2.28. The van der Waals surface area contributed by atoms with Crippen LogP contribution in [-0.4, -0.2) is 39.8 Å². The van der Waals surface area contributed by atoms with E-state index in [4.69, 9.17) is 4.74 Å². The van der Waals surface area contributed by atoms with E-state index in [0.717, 1.165) is 28.3 Å². The SMILES string of the molecule is C[C@H](C(=O)NCCOCc1ccccc1)N(c1ccc(F)cc1)S(C)(=O)=O. The van der Waals surface area contributed by atoms with E-state index in [1.807, 2.05) is 30.3 Å². The maximum absolute atomic E-state index is 13.1. The summed E-state index contributed by atoms with van der Waals surface area (Å²) in [6.45, 7) is 2.45. The predicted octanol–water partition coefficient (Wildman–Crippen LogP) is 2.31. The number of carbonyl (C=O) groups is 1. The van der Waals surface area contributed by atoms with Crippen LogP contribution in [0.4, 0.5) is 10.1 Å². The monoisotopic (exact) mass is 394 g/mol. The summed E-state index contributed by atoms with van der Waals surface area (Å²) in [7, 11) is -3.73. The van der Waals surface area contributed by atoms with Gasteiger partial charge in [0.25, 0.3) is 0 Å². The molecule has 2 aromatic carbocycles. The molecule has 1 atom stereocenters. The Morgan fingerprint density at radius 2 is 1.78 bits per heavy atom. The molecule has 2 aromatic rings. The second-order valence-corrected chi connectivity index (χ2v) is 7.90. The van der Waals surface area contributed by atoms with E-state index in [1.54, 1.807) is 0 Å². The first-order valence-corrected chi connectivity index (χ1v) is 10.3. The number of rotatable bonds is 9. The number of amides is 1. The Hall–Kier alpha value is -2.45. The number of sulfonamides is 1. The van der Waals surface area contributed by atoms with Gasteiger partial charge in [-0.25, -0.2) is 12.8 Å². The minimum atomic E-state index is -3.73. The molecule has 146 valence electrons. The largest absolute Gasteiger partial charge is 0.375 e. The summed E-state index contributed by atoms with van der Waals surface area (Å²) >= 11 is 0. The molecule has 1 amide bonds. The summed E-state index contributed by atoms with van der Waals surface area (Å²) in [6, 6.07) is 13.6. The lowest BCUT2D eigenvalue weighted by Gasteiger charge is -2.28. The molecule has 1 N–H and O–H groups in total. The molecule has 0 aliphatic heterocycles. The van der Waals surface area contributed by atoms with Crippen LogP contribution in [0.25, 0.3) is 0 Å². The van der Waals surface area contributed by atoms with Gasteiger partial charge in [0, 0.05) is 6.54 Å². The van der Waals surface area contributed by atoms with E-state index in [1.165, 1.54) is 19.1 Å². The molecule has 27 heavy (non-hydrogen) atoms. The molecule has 0 aromatic heterocycles. The third-order valence-electron chi connectivity index (χ3n) is 3.83. The number of benzene rings is 2. The van der Waals surface area contributed by atoms with Crippen LogP contribution in [0.5, 0.6) is 0 Å². The quantitative estimate of drug-likeness (QED) is 0.663. The Bertz CT molecular complexity index is 842. The lowest BCUT2D eigenvalue weighted by atomic mass is 10.2. The molecule has 6 nitrogen and oxygen atoms in total. The van der Waals surface area contributed by atoms with Crippen LogP contribution in [0.1, 0.15) is 12.5 Å². The maximum atomic E-state index is 13.1. The van der Waals surface area contributed by atoms with Crippen molar-refractivity contribution in [2.45, 2.75) is 19.6 Å². The zero-order valence-electron chi connectivity index (χ0n) is 15.3. The van der Waals surface area contributed by atoms with Crippen molar-refractivity contribution in [2.24, 2.45) is 0 Å². The minimum absolute atomic E-state index is 0.224. The highest BCUT2D eigenvalue weighted by molar-refractivity contribution is 7.92. The number of nitrogens with zero attached hydrogens (tertiary/aromatic N) is 1. The van der Waals surface area contributed by atoms with E-state index in [2.05, 4.69) is 5.32 Å². The first kappa shape index (κ1) is 20.9. The topological polar surface area (TPSA) is 75.7 Å². The number of ether oxygens (including phenoxy) is 1. The molecule has 0 heterocycles. The van der Waals surface area contributed by atoms with Crippen molar-refractivity contribution in [3.05, 3.63) is 66.0 Å². The van der Waals surface area contributed by atoms with E-state index in [9.17, 15) is 17.6 Å². The summed E-state index contributed by atoms with van der Waals surface area (Å²) < 4.78 is 43.8. The van der Waals surface area contributed by atoms with Gasteiger partial charge in [-0.15, -0.1) is 0 Å². The van der Waals surface area contributed by atoms with E-state index >= 15 is 0 Å².